The number of nitrogens with two attached hydrogens (primary N) is 1. The summed E-state index contributed by atoms with van der Waals surface area (Å²) in [5.41, 5.74) is 6.86. The lowest BCUT2D eigenvalue weighted by atomic mass is 10.3. The molecule has 1 aromatic carbocycles. The summed E-state index contributed by atoms with van der Waals surface area (Å²) >= 11 is 0. The van der Waals surface area contributed by atoms with E-state index >= 15 is 0 Å². The molecule has 0 aliphatic carbocycles. The third-order valence-electron chi connectivity index (χ3n) is 2.14. The van der Waals surface area contributed by atoms with Crippen LogP contribution in [0.4, 0.5) is 16.2 Å². The predicted octanol–water partition coefficient (Wildman–Crippen LogP) is 1.24. The average Bonchev–Trinajstić information content (AvgIpc) is 2.39. The maximum atomic E-state index is 11.4. The molecule has 0 bridgehead atoms. The highest BCUT2D eigenvalue weighted by molar-refractivity contribution is 5.93. The molecule has 0 spiro atoms. The van der Waals surface area contributed by atoms with E-state index in [4.69, 9.17) is 15.2 Å². The molecule has 0 saturated heterocycles. The third kappa shape index (κ3) is 5.73. The Kier molecular flexibility index (Phi) is 6.17. The Hall–Kier alpha value is -2.28. The van der Waals surface area contributed by atoms with Gasteiger partial charge in [0.2, 0.25) is 0 Å². The number of hydrogen-bond acceptors (Lipinski definition) is 4. The number of methoxy groups -OCH3 is 1. The van der Waals surface area contributed by atoms with Crippen LogP contribution in [0.3, 0.4) is 0 Å². The van der Waals surface area contributed by atoms with Crippen molar-refractivity contribution in [1.29, 1.82) is 0 Å². The van der Waals surface area contributed by atoms with Crippen molar-refractivity contribution in [3.8, 4) is 0 Å². The number of hydrogen-bond donors (Lipinski definition) is 3. The number of carbonyl (C=O) groups excluding carboxylic acids is 1. The minimum Gasteiger partial charge on any atom is -0.447 e. The zero-order chi connectivity index (χ0) is 14.1. The molecule has 7 heteroatoms. The van der Waals surface area contributed by atoms with Gasteiger partial charge in [0.05, 0.1) is 6.61 Å². The van der Waals surface area contributed by atoms with Gasteiger partial charge < -0.3 is 20.5 Å². The second-order valence-electron chi connectivity index (χ2n) is 3.57. The van der Waals surface area contributed by atoms with Crippen LogP contribution in [0.5, 0.6) is 0 Å². The number of anilines is 2. The van der Waals surface area contributed by atoms with E-state index in [-0.39, 0.29) is 6.61 Å². The molecule has 0 unspecified atom stereocenters. The lowest BCUT2D eigenvalue weighted by molar-refractivity contribution is 0.107. The number of nitrogens with zero attached hydrogens (tertiary/aromatic N) is 1. The number of carbonyl (C=O) groups is 1. The normalized spacial score (nSPS) is 10.9. The van der Waals surface area contributed by atoms with E-state index in [1.807, 2.05) is 0 Å². The summed E-state index contributed by atoms with van der Waals surface area (Å²) in [6.07, 6.45) is -0.536. The summed E-state index contributed by atoms with van der Waals surface area (Å²) in [6.45, 7) is 0.564. The van der Waals surface area contributed by atoms with Crippen molar-refractivity contribution >= 4 is 23.4 Å². The first-order valence-corrected chi connectivity index (χ1v) is 5.67. The largest absolute Gasteiger partial charge is 0.447 e. The van der Waals surface area contributed by atoms with E-state index in [0.29, 0.717) is 18.3 Å². The number of ether oxygens (including phenoxy) is 2. The number of guanidine groups is 1. The molecule has 0 heterocycles. The molecular formula is C12H18N4O3. The minimum absolute atomic E-state index is 0.204. The van der Waals surface area contributed by atoms with Crippen LogP contribution in [-0.2, 0) is 9.47 Å². The van der Waals surface area contributed by atoms with Crippen molar-refractivity contribution in [3.05, 3.63) is 24.3 Å². The molecule has 4 N–H and O–H groups in total. The number of aliphatic imine (C=N–C) groups is 1. The Morgan fingerprint density at radius 2 is 2.00 bits per heavy atom. The summed E-state index contributed by atoms with van der Waals surface area (Å²) < 4.78 is 9.66. The quantitative estimate of drug-likeness (QED) is 0.423. The van der Waals surface area contributed by atoms with Gasteiger partial charge in [-0.1, -0.05) is 6.07 Å². The van der Waals surface area contributed by atoms with E-state index in [9.17, 15) is 4.79 Å². The Balaban J connectivity index is 2.54. The Morgan fingerprint density at radius 3 is 2.63 bits per heavy atom. The number of benzene rings is 1. The molecule has 7 nitrogen and oxygen atoms in total. The summed E-state index contributed by atoms with van der Waals surface area (Å²) in [5, 5.41) is 5.47. The molecule has 1 rings (SSSR count). The molecule has 0 aromatic heterocycles. The summed E-state index contributed by atoms with van der Waals surface area (Å²) in [5.74, 6) is 0.292. The standard InChI is InChI=1S/C12H18N4O3/c1-14-11(13)15-9-4-3-5-10(8-9)16-12(17)19-7-6-18-2/h3-5,8H,6-7H2,1-2H3,(H,16,17)(H3,13,14,15). The second kappa shape index (κ2) is 7.93. The molecule has 0 aliphatic heterocycles. The smallest absolute Gasteiger partial charge is 0.411 e. The number of nitrogens with one attached hydrogen (secondary N) is 2. The van der Waals surface area contributed by atoms with Gasteiger partial charge in [-0.2, -0.15) is 0 Å². The number of amides is 1. The van der Waals surface area contributed by atoms with Crippen molar-refractivity contribution in [3.63, 3.8) is 0 Å². The van der Waals surface area contributed by atoms with E-state index in [1.165, 1.54) is 7.11 Å². The zero-order valence-electron chi connectivity index (χ0n) is 11.0. The van der Waals surface area contributed by atoms with Crippen molar-refractivity contribution in [2.45, 2.75) is 0 Å². The van der Waals surface area contributed by atoms with Crippen molar-refractivity contribution in [2.24, 2.45) is 10.7 Å². The monoisotopic (exact) mass is 266 g/mol. The van der Waals surface area contributed by atoms with Crippen molar-refractivity contribution < 1.29 is 14.3 Å². The first kappa shape index (κ1) is 14.8. The van der Waals surface area contributed by atoms with Crippen LogP contribution in [0.15, 0.2) is 29.3 Å². The van der Waals surface area contributed by atoms with Gasteiger partial charge >= 0.3 is 6.09 Å². The molecule has 0 radical (unpaired) electrons. The fourth-order valence-corrected chi connectivity index (χ4v) is 1.25. The van der Waals surface area contributed by atoms with Crippen LogP contribution in [0.2, 0.25) is 0 Å². The summed E-state index contributed by atoms with van der Waals surface area (Å²) in [6, 6.07) is 7.03. The highest BCUT2D eigenvalue weighted by Crippen LogP contribution is 2.14. The molecule has 19 heavy (non-hydrogen) atoms. The predicted molar refractivity (Wildman–Crippen MR) is 74.5 cm³/mol. The minimum atomic E-state index is -0.536. The van der Waals surface area contributed by atoms with Crippen molar-refractivity contribution in [2.75, 3.05) is 38.0 Å². The van der Waals surface area contributed by atoms with Gasteiger partial charge in [-0.3, -0.25) is 10.3 Å². The molecule has 0 fully saturated rings. The Bertz CT molecular complexity index is 448. The van der Waals surface area contributed by atoms with Gasteiger partial charge in [0.1, 0.15) is 6.61 Å². The van der Waals surface area contributed by atoms with Crippen LogP contribution in [0, 0.1) is 0 Å². The van der Waals surface area contributed by atoms with Gasteiger partial charge in [-0.25, -0.2) is 4.79 Å². The van der Waals surface area contributed by atoms with Gasteiger partial charge in [-0.05, 0) is 18.2 Å². The molecule has 0 atom stereocenters. The molecule has 1 amide bonds. The summed E-state index contributed by atoms with van der Waals surface area (Å²) in [7, 11) is 3.12. The van der Waals surface area contributed by atoms with Crippen LogP contribution in [0.1, 0.15) is 0 Å². The van der Waals surface area contributed by atoms with Gasteiger partial charge in [0.25, 0.3) is 0 Å². The zero-order valence-corrected chi connectivity index (χ0v) is 11.0. The third-order valence-corrected chi connectivity index (χ3v) is 2.14. The molecule has 0 saturated carbocycles. The number of rotatable bonds is 5. The first-order chi connectivity index (χ1) is 9.15. The maximum absolute atomic E-state index is 11.4. The van der Waals surface area contributed by atoms with Crippen LogP contribution in [-0.4, -0.2) is 39.4 Å². The van der Waals surface area contributed by atoms with Crippen molar-refractivity contribution in [1.82, 2.24) is 0 Å². The highest BCUT2D eigenvalue weighted by atomic mass is 16.6. The van der Waals surface area contributed by atoms with Crippen LogP contribution >= 0.6 is 0 Å². The fourth-order valence-electron chi connectivity index (χ4n) is 1.25. The Labute approximate surface area is 111 Å². The molecule has 104 valence electrons. The SMILES string of the molecule is CN=C(N)Nc1cccc(NC(=O)OCCOC)c1. The van der Waals surface area contributed by atoms with Crippen LogP contribution < -0.4 is 16.4 Å². The Morgan fingerprint density at radius 1 is 1.32 bits per heavy atom. The molecule has 1 aromatic rings. The molecular weight excluding hydrogens is 248 g/mol. The molecule has 0 aliphatic rings. The van der Waals surface area contributed by atoms with E-state index in [0.717, 1.165) is 5.69 Å². The average molecular weight is 266 g/mol. The summed E-state index contributed by atoms with van der Waals surface area (Å²) in [4.78, 5) is 15.2. The fraction of sp³-hybridized carbons (Fsp3) is 0.333. The topological polar surface area (TPSA) is 98.0 Å². The lowest BCUT2D eigenvalue weighted by Crippen LogP contribution is -2.22. The van der Waals surface area contributed by atoms with E-state index in [2.05, 4.69) is 15.6 Å². The second-order valence-corrected chi connectivity index (χ2v) is 3.57. The lowest BCUT2D eigenvalue weighted by Gasteiger charge is -2.09. The van der Waals surface area contributed by atoms with Crippen LogP contribution in [0.25, 0.3) is 0 Å². The van der Waals surface area contributed by atoms with E-state index < -0.39 is 6.09 Å². The highest BCUT2D eigenvalue weighted by Gasteiger charge is 2.03. The van der Waals surface area contributed by atoms with Gasteiger partial charge in [0, 0.05) is 25.5 Å². The van der Waals surface area contributed by atoms with E-state index in [1.54, 1.807) is 31.3 Å². The van der Waals surface area contributed by atoms with Gasteiger partial charge in [-0.15, -0.1) is 0 Å². The first-order valence-electron chi connectivity index (χ1n) is 5.67. The maximum Gasteiger partial charge on any atom is 0.411 e. The van der Waals surface area contributed by atoms with Gasteiger partial charge in [0.15, 0.2) is 5.96 Å².